The standard InChI is InChI=1S/C30H35N7O4/c1-2-3-6-25-19-28(36-41-25)33-30(39)31-23-11-7-21(8-12-23)26-20-27(35-34-26)32-29(38)22-9-13-24(14-10-22)40-18-17-37-15-4-5-16-37/h7-14,19-20H,2-6,15-18H2,1H3,(H2,31,33,36,39)(H2,32,34,35,38). The van der Waals surface area contributed by atoms with Gasteiger partial charge in [-0.3, -0.25) is 20.1 Å². The predicted molar refractivity (Wildman–Crippen MR) is 157 cm³/mol. The highest BCUT2D eigenvalue weighted by Gasteiger charge is 2.13. The van der Waals surface area contributed by atoms with Crippen LogP contribution < -0.4 is 20.7 Å². The summed E-state index contributed by atoms with van der Waals surface area (Å²) in [6, 6.07) is 17.4. The number of anilines is 3. The van der Waals surface area contributed by atoms with Gasteiger partial charge in [0.25, 0.3) is 5.91 Å². The van der Waals surface area contributed by atoms with Crippen molar-refractivity contribution in [2.24, 2.45) is 0 Å². The van der Waals surface area contributed by atoms with E-state index in [1.165, 1.54) is 12.8 Å². The number of amides is 3. The van der Waals surface area contributed by atoms with Crippen LogP contribution in [0.1, 0.15) is 48.7 Å². The van der Waals surface area contributed by atoms with Gasteiger partial charge in [-0.1, -0.05) is 30.6 Å². The molecule has 0 spiro atoms. The molecule has 41 heavy (non-hydrogen) atoms. The third-order valence-corrected chi connectivity index (χ3v) is 6.84. The third kappa shape index (κ3) is 7.95. The minimum atomic E-state index is -0.415. The van der Waals surface area contributed by atoms with Gasteiger partial charge in [0.15, 0.2) is 11.6 Å². The Labute approximate surface area is 238 Å². The molecule has 3 heterocycles. The zero-order chi connectivity index (χ0) is 28.4. The minimum absolute atomic E-state index is 0.262. The summed E-state index contributed by atoms with van der Waals surface area (Å²) in [5.41, 5.74) is 2.69. The first-order chi connectivity index (χ1) is 20.1. The summed E-state index contributed by atoms with van der Waals surface area (Å²) in [7, 11) is 0. The van der Waals surface area contributed by atoms with E-state index in [4.69, 9.17) is 9.26 Å². The van der Waals surface area contributed by atoms with E-state index >= 15 is 0 Å². The first-order valence-corrected chi connectivity index (χ1v) is 14.0. The molecule has 4 aromatic rings. The van der Waals surface area contributed by atoms with Crippen LogP contribution in [-0.2, 0) is 6.42 Å². The minimum Gasteiger partial charge on any atom is -0.492 e. The number of aromatic amines is 1. The lowest BCUT2D eigenvalue weighted by Crippen LogP contribution is -2.25. The number of ether oxygens (including phenoxy) is 1. The van der Waals surface area contributed by atoms with Gasteiger partial charge in [0.1, 0.15) is 18.1 Å². The molecular weight excluding hydrogens is 522 g/mol. The fourth-order valence-electron chi connectivity index (χ4n) is 4.58. The van der Waals surface area contributed by atoms with Crippen LogP contribution in [0.25, 0.3) is 11.3 Å². The average molecular weight is 558 g/mol. The molecule has 2 aromatic carbocycles. The number of urea groups is 1. The van der Waals surface area contributed by atoms with Crippen LogP contribution in [0.4, 0.5) is 22.1 Å². The van der Waals surface area contributed by atoms with Gasteiger partial charge in [-0.05, 0) is 74.3 Å². The summed E-state index contributed by atoms with van der Waals surface area (Å²) >= 11 is 0. The fourth-order valence-corrected chi connectivity index (χ4v) is 4.58. The number of nitrogens with zero attached hydrogens (tertiary/aromatic N) is 3. The number of unbranched alkanes of at least 4 members (excludes halogenated alkanes) is 1. The van der Waals surface area contributed by atoms with Crippen LogP contribution in [0.3, 0.4) is 0 Å². The number of H-pyrrole nitrogens is 1. The first kappa shape index (κ1) is 27.9. The molecule has 11 heteroatoms. The summed E-state index contributed by atoms with van der Waals surface area (Å²) in [5, 5.41) is 19.3. The number of aryl methyl sites for hydroxylation is 1. The van der Waals surface area contributed by atoms with Crippen LogP contribution in [0.15, 0.2) is 65.2 Å². The van der Waals surface area contributed by atoms with Gasteiger partial charge in [-0.25, -0.2) is 4.79 Å². The maximum absolute atomic E-state index is 12.7. The topological polar surface area (TPSA) is 137 Å². The summed E-state index contributed by atoms with van der Waals surface area (Å²) in [4.78, 5) is 27.4. The van der Waals surface area contributed by atoms with E-state index in [9.17, 15) is 9.59 Å². The lowest BCUT2D eigenvalue weighted by atomic mass is 10.1. The Morgan fingerprint density at radius 3 is 2.51 bits per heavy atom. The Hall–Kier alpha value is -4.64. The normalized spacial score (nSPS) is 13.2. The van der Waals surface area contributed by atoms with Crippen LogP contribution in [0, 0.1) is 0 Å². The summed E-state index contributed by atoms with van der Waals surface area (Å²) in [6.07, 6.45) is 5.36. The molecule has 0 aliphatic carbocycles. The number of carbonyl (C=O) groups is 2. The number of rotatable bonds is 12. The highest BCUT2D eigenvalue weighted by atomic mass is 16.5. The number of benzene rings is 2. The van der Waals surface area contributed by atoms with Crippen LogP contribution in [-0.4, -0.2) is 58.4 Å². The largest absolute Gasteiger partial charge is 0.492 e. The van der Waals surface area contributed by atoms with Gasteiger partial charge in [0.2, 0.25) is 0 Å². The Morgan fingerprint density at radius 1 is 0.976 bits per heavy atom. The Bertz CT molecular complexity index is 1420. The molecule has 0 radical (unpaired) electrons. The maximum atomic E-state index is 12.7. The van der Waals surface area contributed by atoms with E-state index < -0.39 is 6.03 Å². The number of aromatic nitrogens is 3. The Balaban J connectivity index is 1.09. The molecule has 1 fully saturated rings. The zero-order valence-electron chi connectivity index (χ0n) is 23.1. The molecule has 3 amide bonds. The van der Waals surface area contributed by atoms with Gasteiger partial charge in [0.05, 0.1) is 5.69 Å². The lowest BCUT2D eigenvalue weighted by Gasteiger charge is -2.14. The highest BCUT2D eigenvalue weighted by molar-refractivity contribution is 6.04. The molecule has 0 saturated carbocycles. The van der Waals surface area contributed by atoms with Gasteiger partial charge < -0.3 is 19.9 Å². The number of nitrogens with one attached hydrogen (secondary N) is 4. The second kappa shape index (κ2) is 13.6. The third-order valence-electron chi connectivity index (χ3n) is 6.84. The quantitative estimate of drug-likeness (QED) is 0.173. The maximum Gasteiger partial charge on any atom is 0.324 e. The Kier molecular flexibility index (Phi) is 9.27. The molecule has 11 nitrogen and oxygen atoms in total. The molecular formula is C30H35N7O4. The van der Waals surface area contributed by atoms with Crippen LogP contribution >= 0.6 is 0 Å². The monoisotopic (exact) mass is 557 g/mol. The van der Waals surface area contributed by atoms with Crippen molar-refractivity contribution < 1.29 is 18.8 Å². The van der Waals surface area contributed by atoms with Crippen LogP contribution in [0.5, 0.6) is 5.75 Å². The number of carbonyl (C=O) groups excluding carboxylic acids is 2. The second-order valence-corrected chi connectivity index (χ2v) is 9.98. The number of hydrogen-bond donors (Lipinski definition) is 4. The van der Waals surface area contributed by atoms with Crippen LogP contribution in [0.2, 0.25) is 0 Å². The molecule has 4 N–H and O–H groups in total. The first-order valence-electron chi connectivity index (χ1n) is 14.0. The molecule has 1 aliphatic rings. The van der Waals surface area contributed by atoms with E-state index in [0.29, 0.717) is 29.5 Å². The predicted octanol–water partition coefficient (Wildman–Crippen LogP) is 5.78. The molecule has 0 bridgehead atoms. The summed E-state index contributed by atoms with van der Waals surface area (Å²) < 4.78 is 11.0. The highest BCUT2D eigenvalue weighted by Crippen LogP contribution is 2.23. The molecule has 0 unspecified atom stereocenters. The van der Waals surface area contributed by atoms with Crippen molar-refractivity contribution in [3.63, 3.8) is 0 Å². The zero-order valence-corrected chi connectivity index (χ0v) is 23.1. The molecule has 5 rings (SSSR count). The molecule has 2 aromatic heterocycles. The number of hydrogen-bond acceptors (Lipinski definition) is 7. The smallest absolute Gasteiger partial charge is 0.324 e. The SMILES string of the molecule is CCCCc1cc(NC(=O)Nc2ccc(-c3cc(NC(=O)c4ccc(OCCN5CCCC5)cc4)n[nH]3)cc2)no1. The fraction of sp³-hybridized carbons (Fsp3) is 0.333. The van der Waals surface area contributed by atoms with E-state index in [0.717, 1.165) is 61.7 Å². The average Bonchev–Trinajstić information content (AvgIpc) is 3.76. The molecule has 1 aliphatic heterocycles. The van der Waals surface area contributed by atoms with Crippen molar-refractivity contribution in [1.29, 1.82) is 0 Å². The molecule has 214 valence electrons. The van der Waals surface area contributed by atoms with E-state index in [2.05, 4.69) is 43.1 Å². The summed E-state index contributed by atoms with van der Waals surface area (Å²) in [6.45, 7) is 5.94. The van der Waals surface area contributed by atoms with Gasteiger partial charge in [0, 0.05) is 36.3 Å². The Morgan fingerprint density at radius 2 is 1.76 bits per heavy atom. The molecule has 1 saturated heterocycles. The van der Waals surface area contributed by atoms with E-state index in [1.807, 2.05) is 12.1 Å². The van der Waals surface area contributed by atoms with Gasteiger partial charge in [-0.15, -0.1) is 0 Å². The van der Waals surface area contributed by atoms with Crippen molar-refractivity contribution >= 4 is 29.3 Å². The van der Waals surface area contributed by atoms with Crippen molar-refractivity contribution in [2.45, 2.75) is 39.0 Å². The van der Waals surface area contributed by atoms with Crippen molar-refractivity contribution in [3.05, 3.63) is 72.0 Å². The van der Waals surface area contributed by atoms with E-state index in [-0.39, 0.29) is 5.91 Å². The second-order valence-electron chi connectivity index (χ2n) is 9.98. The van der Waals surface area contributed by atoms with Crippen molar-refractivity contribution in [3.8, 4) is 17.0 Å². The molecule has 0 atom stereocenters. The summed E-state index contributed by atoms with van der Waals surface area (Å²) in [5.74, 6) is 2.00. The number of likely N-dealkylation sites (tertiary alicyclic amines) is 1. The van der Waals surface area contributed by atoms with Crippen molar-refractivity contribution in [1.82, 2.24) is 20.3 Å². The lowest BCUT2D eigenvalue weighted by molar-refractivity contribution is 0.102. The van der Waals surface area contributed by atoms with Crippen molar-refractivity contribution in [2.75, 3.05) is 42.2 Å². The van der Waals surface area contributed by atoms with Gasteiger partial charge in [-0.2, -0.15) is 5.10 Å². The van der Waals surface area contributed by atoms with Gasteiger partial charge >= 0.3 is 6.03 Å². The van der Waals surface area contributed by atoms with E-state index in [1.54, 1.807) is 48.5 Å².